The van der Waals surface area contributed by atoms with Crippen LogP contribution in [0.15, 0.2) is 71.5 Å². The van der Waals surface area contributed by atoms with Crippen molar-refractivity contribution in [1.29, 1.82) is 5.26 Å². The fourth-order valence-corrected chi connectivity index (χ4v) is 5.28. The highest BCUT2D eigenvalue weighted by Gasteiger charge is 2.31. The Morgan fingerprint density at radius 1 is 0.944 bits per heavy atom. The Morgan fingerprint density at radius 3 is 2.11 bits per heavy atom. The SMILES string of the molecule is Cc1ccc(C(c2ccc(C)cc2)N2CCN(c3cc(=O)n(C)c4ccc(C#N)nc34)C(C)C2)cc1. The van der Waals surface area contributed by atoms with Gasteiger partial charge >= 0.3 is 0 Å². The fraction of sp³-hybridized carbons (Fsp3) is 0.300. The number of piperazine rings is 1. The molecule has 0 N–H and O–H groups in total. The average Bonchev–Trinajstić information content (AvgIpc) is 2.88. The molecule has 2 aromatic carbocycles. The predicted molar refractivity (Wildman–Crippen MR) is 144 cm³/mol. The van der Waals surface area contributed by atoms with Crippen LogP contribution in [0, 0.1) is 25.2 Å². The molecule has 1 atom stereocenters. The minimum atomic E-state index is -0.0733. The Hall–Kier alpha value is -3.95. The lowest BCUT2D eigenvalue weighted by Crippen LogP contribution is -2.53. The molecule has 5 rings (SSSR count). The standard InChI is InChI=1S/C30H31N5O/c1-20-5-9-23(10-6-20)30(24-11-7-21(2)8-12-24)34-15-16-35(22(3)19-34)27-17-28(36)33(4)26-14-13-25(18-31)32-29(26)27/h5-14,17,22,30H,15-16,19H2,1-4H3. The summed E-state index contributed by atoms with van der Waals surface area (Å²) in [6.45, 7) is 8.87. The van der Waals surface area contributed by atoms with Crippen molar-refractivity contribution in [3.63, 3.8) is 0 Å². The first-order chi connectivity index (χ1) is 17.4. The van der Waals surface area contributed by atoms with Crippen LogP contribution in [0.3, 0.4) is 0 Å². The zero-order valence-corrected chi connectivity index (χ0v) is 21.3. The van der Waals surface area contributed by atoms with E-state index in [1.165, 1.54) is 22.3 Å². The van der Waals surface area contributed by atoms with Crippen molar-refractivity contribution in [1.82, 2.24) is 14.5 Å². The topological polar surface area (TPSA) is 65.2 Å². The van der Waals surface area contributed by atoms with Gasteiger partial charge in [0, 0.05) is 38.8 Å². The van der Waals surface area contributed by atoms with Crippen LogP contribution >= 0.6 is 0 Å². The third-order valence-corrected chi connectivity index (χ3v) is 7.30. The average molecular weight is 478 g/mol. The van der Waals surface area contributed by atoms with Gasteiger partial charge in [-0.25, -0.2) is 4.98 Å². The second-order valence-electron chi connectivity index (χ2n) is 9.86. The summed E-state index contributed by atoms with van der Waals surface area (Å²) in [5.74, 6) is 0. The number of fused-ring (bicyclic) bond motifs is 1. The van der Waals surface area contributed by atoms with E-state index in [0.29, 0.717) is 11.2 Å². The minimum absolute atomic E-state index is 0.0733. The molecule has 0 radical (unpaired) electrons. The van der Waals surface area contributed by atoms with E-state index >= 15 is 0 Å². The maximum atomic E-state index is 12.8. The van der Waals surface area contributed by atoms with E-state index in [9.17, 15) is 10.1 Å². The summed E-state index contributed by atoms with van der Waals surface area (Å²) in [6.07, 6.45) is 0. The molecule has 0 spiro atoms. The van der Waals surface area contributed by atoms with Gasteiger partial charge in [-0.3, -0.25) is 9.69 Å². The minimum Gasteiger partial charge on any atom is -0.364 e. The van der Waals surface area contributed by atoms with Gasteiger partial charge in [0.05, 0.1) is 17.2 Å². The summed E-state index contributed by atoms with van der Waals surface area (Å²) in [5.41, 5.74) is 7.59. The Bertz CT molecular complexity index is 1450. The largest absolute Gasteiger partial charge is 0.364 e. The van der Waals surface area contributed by atoms with Crippen molar-refractivity contribution in [3.8, 4) is 6.07 Å². The summed E-state index contributed by atoms with van der Waals surface area (Å²) in [6, 6.07) is 25.3. The van der Waals surface area contributed by atoms with Crippen LogP contribution in [0.25, 0.3) is 11.0 Å². The molecule has 1 aliphatic heterocycles. The first kappa shape index (κ1) is 23.8. The van der Waals surface area contributed by atoms with Gasteiger partial charge in [0.15, 0.2) is 0 Å². The molecule has 6 nitrogen and oxygen atoms in total. The Labute approximate surface area is 212 Å². The van der Waals surface area contributed by atoms with Crippen LogP contribution in [-0.2, 0) is 7.05 Å². The van der Waals surface area contributed by atoms with Crippen molar-refractivity contribution in [2.24, 2.45) is 7.05 Å². The molecule has 6 heteroatoms. The first-order valence-electron chi connectivity index (χ1n) is 12.4. The smallest absolute Gasteiger partial charge is 0.252 e. The highest BCUT2D eigenvalue weighted by molar-refractivity contribution is 5.89. The van der Waals surface area contributed by atoms with E-state index in [0.717, 1.165) is 30.8 Å². The molecule has 1 unspecified atom stereocenters. The molecule has 36 heavy (non-hydrogen) atoms. The fourth-order valence-electron chi connectivity index (χ4n) is 5.28. The maximum absolute atomic E-state index is 12.8. The number of nitriles is 1. The number of rotatable bonds is 4. The molecule has 0 saturated carbocycles. The monoisotopic (exact) mass is 477 g/mol. The number of benzene rings is 2. The van der Waals surface area contributed by atoms with Crippen LogP contribution in [0.4, 0.5) is 5.69 Å². The van der Waals surface area contributed by atoms with E-state index in [2.05, 4.69) is 90.2 Å². The van der Waals surface area contributed by atoms with E-state index in [4.69, 9.17) is 0 Å². The molecule has 0 amide bonds. The number of aryl methyl sites for hydroxylation is 3. The van der Waals surface area contributed by atoms with Gasteiger partial charge in [-0.05, 0) is 44.0 Å². The molecular weight excluding hydrogens is 446 g/mol. The summed E-state index contributed by atoms with van der Waals surface area (Å²) < 4.78 is 1.60. The summed E-state index contributed by atoms with van der Waals surface area (Å²) >= 11 is 0. The summed E-state index contributed by atoms with van der Waals surface area (Å²) in [5, 5.41) is 9.42. The quantitative estimate of drug-likeness (QED) is 0.426. The van der Waals surface area contributed by atoms with Gasteiger partial charge in [-0.2, -0.15) is 5.26 Å². The Kier molecular flexibility index (Phi) is 6.34. The van der Waals surface area contributed by atoms with E-state index in [-0.39, 0.29) is 17.6 Å². The Balaban J connectivity index is 1.51. The first-order valence-corrected chi connectivity index (χ1v) is 12.4. The molecular formula is C30H31N5O. The second-order valence-corrected chi connectivity index (χ2v) is 9.86. The van der Waals surface area contributed by atoms with Gasteiger partial charge in [-0.1, -0.05) is 59.7 Å². The highest BCUT2D eigenvalue weighted by Crippen LogP contribution is 2.33. The molecule has 0 aliphatic carbocycles. The lowest BCUT2D eigenvalue weighted by Gasteiger charge is -2.44. The number of aromatic nitrogens is 2. The van der Waals surface area contributed by atoms with Crippen molar-refractivity contribution in [2.75, 3.05) is 24.5 Å². The highest BCUT2D eigenvalue weighted by atomic mass is 16.1. The van der Waals surface area contributed by atoms with Gasteiger partial charge in [0.2, 0.25) is 0 Å². The molecule has 1 saturated heterocycles. The van der Waals surface area contributed by atoms with Gasteiger partial charge < -0.3 is 9.47 Å². The van der Waals surface area contributed by atoms with E-state index in [1.54, 1.807) is 23.7 Å². The maximum Gasteiger partial charge on any atom is 0.252 e. The third-order valence-electron chi connectivity index (χ3n) is 7.30. The molecule has 1 aliphatic rings. The van der Waals surface area contributed by atoms with Gasteiger partial charge in [-0.15, -0.1) is 0 Å². The molecule has 2 aromatic heterocycles. The number of hydrogen-bond acceptors (Lipinski definition) is 5. The van der Waals surface area contributed by atoms with Crippen LogP contribution in [0.2, 0.25) is 0 Å². The summed E-state index contributed by atoms with van der Waals surface area (Å²) in [4.78, 5) is 22.2. The second kappa shape index (κ2) is 9.60. The molecule has 3 heterocycles. The van der Waals surface area contributed by atoms with E-state index < -0.39 is 0 Å². The predicted octanol–water partition coefficient (Wildman–Crippen LogP) is 4.72. The van der Waals surface area contributed by atoms with Crippen LogP contribution < -0.4 is 10.5 Å². The van der Waals surface area contributed by atoms with Crippen LogP contribution in [0.5, 0.6) is 0 Å². The van der Waals surface area contributed by atoms with Gasteiger partial charge in [0.1, 0.15) is 17.3 Å². The third kappa shape index (κ3) is 4.38. The normalized spacial score (nSPS) is 16.4. The van der Waals surface area contributed by atoms with Crippen LogP contribution in [-0.4, -0.2) is 40.1 Å². The van der Waals surface area contributed by atoms with Crippen molar-refractivity contribution in [2.45, 2.75) is 32.9 Å². The molecule has 0 bridgehead atoms. The molecule has 4 aromatic rings. The number of nitrogens with zero attached hydrogens (tertiary/aromatic N) is 5. The lowest BCUT2D eigenvalue weighted by atomic mass is 9.94. The number of anilines is 1. The van der Waals surface area contributed by atoms with Crippen molar-refractivity contribution in [3.05, 3.63) is 105 Å². The number of hydrogen-bond donors (Lipinski definition) is 0. The molecule has 182 valence electrons. The van der Waals surface area contributed by atoms with Crippen molar-refractivity contribution >= 4 is 16.7 Å². The summed E-state index contributed by atoms with van der Waals surface area (Å²) in [7, 11) is 1.75. The van der Waals surface area contributed by atoms with Crippen LogP contribution in [0.1, 0.15) is 40.9 Å². The number of pyridine rings is 2. The van der Waals surface area contributed by atoms with Gasteiger partial charge in [0.25, 0.3) is 5.56 Å². The van der Waals surface area contributed by atoms with E-state index in [1.807, 2.05) is 6.07 Å². The zero-order valence-electron chi connectivity index (χ0n) is 21.3. The molecule has 1 fully saturated rings. The van der Waals surface area contributed by atoms with Crippen molar-refractivity contribution < 1.29 is 0 Å². The zero-order chi connectivity index (χ0) is 25.4. The Morgan fingerprint density at radius 2 is 1.56 bits per heavy atom. The lowest BCUT2D eigenvalue weighted by molar-refractivity contribution is 0.188.